The van der Waals surface area contributed by atoms with E-state index in [9.17, 15) is 14.4 Å². The van der Waals surface area contributed by atoms with Crippen molar-refractivity contribution >= 4 is 22.8 Å². The molecule has 0 aliphatic carbocycles. The number of piperidine rings is 1. The first-order valence-electron chi connectivity index (χ1n) is 9.92. The van der Waals surface area contributed by atoms with Crippen LogP contribution in [0, 0.1) is 0 Å². The van der Waals surface area contributed by atoms with Gasteiger partial charge in [0.1, 0.15) is 6.04 Å². The van der Waals surface area contributed by atoms with Crippen molar-refractivity contribution in [3.8, 4) is 0 Å². The van der Waals surface area contributed by atoms with Gasteiger partial charge < -0.3 is 15.2 Å². The van der Waals surface area contributed by atoms with E-state index in [2.05, 4.69) is 5.32 Å². The molecule has 1 aromatic carbocycles. The van der Waals surface area contributed by atoms with E-state index in [1.807, 2.05) is 18.2 Å². The van der Waals surface area contributed by atoms with Gasteiger partial charge >= 0.3 is 5.69 Å². The third kappa shape index (κ3) is 4.92. The first-order chi connectivity index (χ1) is 14.0. The molecule has 1 saturated heterocycles. The number of hydrogen-bond acceptors (Lipinski definition) is 6. The minimum Gasteiger partial charge on any atom is -0.379 e. The van der Waals surface area contributed by atoms with Crippen molar-refractivity contribution in [1.82, 2.24) is 14.5 Å². The average molecular weight is 404 g/mol. The number of amides is 2. The molecule has 0 spiro atoms. The Bertz CT molecular complexity index is 933. The summed E-state index contributed by atoms with van der Waals surface area (Å²) in [5.74, 6) is -0.720. The fourth-order valence-corrected chi connectivity index (χ4v) is 3.58. The third-order valence-corrected chi connectivity index (χ3v) is 5.06. The molecule has 0 radical (unpaired) electrons. The molecule has 1 fully saturated rings. The molecule has 2 aromatic rings. The van der Waals surface area contributed by atoms with E-state index in [0.29, 0.717) is 44.9 Å². The van der Waals surface area contributed by atoms with Crippen molar-refractivity contribution in [3.63, 3.8) is 0 Å². The molecule has 9 heteroatoms. The summed E-state index contributed by atoms with van der Waals surface area (Å²) in [6.45, 7) is 2.76. The lowest BCUT2D eigenvalue weighted by Crippen LogP contribution is -2.44. The highest BCUT2D eigenvalue weighted by Crippen LogP contribution is 2.24. The fourth-order valence-electron chi connectivity index (χ4n) is 3.58. The molecule has 1 aliphatic heterocycles. The molecule has 1 aromatic heterocycles. The summed E-state index contributed by atoms with van der Waals surface area (Å²) in [5.41, 5.74) is 7.66. The van der Waals surface area contributed by atoms with Gasteiger partial charge in [-0.2, -0.15) is 0 Å². The number of benzene rings is 1. The molecule has 2 heterocycles. The lowest BCUT2D eigenvalue weighted by Gasteiger charge is -2.21. The van der Waals surface area contributed by atoms with E-state index in [1.54, 1.807) is 11.6 Å². The van der Waals surface area contributed by atoms with Gasteiger partial charge in [-0.05, 0) is 37.0 Å². The van der Waals surface area contributed by atoms with Crippen LogP contribution in [-0.2, 0) is 32.5 Å². The Kier molecular flexibility index (Phi) is 7.18. The van der Waals surface area contributed by atoms with E-state index in [4.69, 9.17) is 15.2 Å². The summed E-state index contributed by atoms with van der Waals surface area (Å²) in [6.07, 6.45) is 2.23. The summed E-state index contributed by atoms with van der Waals surface area (Å²) < 4.78 is 13.8. The summed E-state index contributed by atoms with van der Waals surface area (Å²) in [7, 11) is 1.70. The average Bonchev–Trinajstić information content (AvgIpc) is 2.95. The van der Waals surface area contributed by atoms with Crippen LogP contribution in [0.5, 0.6) is 0 Å². The quantitative estimate of drug-likeness (QED) is 0.433. The number of nitrogens with two attached hydrogens (primary N) is 1. The molecule has 0 saturated carbocycles. The molecular formula is C20H28N4O5. The molecule has 29 heavy (non-hydrogen) atoms. The molecule has 158 valence electrons. The van der Waals surface area contributed by atoms with Gasteiger partial charge in [-0.25, -0.2) is 4.79 Å². The molecule has 1 aliphatic rings. The zero-order valence-electron chi connectivity index (χ0n) is 16.7. The maximum absolute atomic E-state index is 12.8. The number of hydrogen-bond donors (Lipinski definition) is 2. The van der Waals surface area contributed by atoms with Gasteiger partial charge in [0.15, 0.2) is 0 Å². The fraction of sp³-hybridized carbons (Fsp3) is 0.550. The van der Waals surface area contributed by atoms with Crippen LogP contribution in [0.1, 0.15) is 30.9 Å². The normalized spacial score (nSPS) is 17.1. The Hall–Kier alpha value is -2.49. The number of ether oxygens (including phenoxy) is 2. The number of aromatic nitrogens is 2. The Labute approximate surface area is 168 Å². The predicted molar refractivity (Wildman–Crippen MR) is 108 cm³/mol. The highest BCUT2D eigenvalue weighted by Gasteiger charge is 2.31. The maximum atomic E-state index is 12.8. The second-order valence-electron chi connectivity index (χ2n) is 7.12. The Morgan fingerprint density at radius 3 is 2.59 bits per heavy atom. The van der Waals surface area contributed by atoms with Crippen molar-refractivity contribution in [1.29, 1.82) is 0 Å². The molecule has 1 atom stereocenters. The van der Waals surface area contributed by atoms with E-state index < -0.39 is 11.9 Å². The Morgan fingerprint density at radius 1 is 1.10 bits per heavy atom. The third-order valence-electron chi connectivity index (χ3n) is 5.06. The van der Waals surface area contributed by atoms with Crippen LogP contribution in [0.3, 0.4) is 0 Å². The molecule has 1 unspecified atom stereocenters. The summed E-state index contributed by atoms with van der Waals surface area (Å²) >= 11 is 0. The number of aryl methyl sites for hydroxylation is 2. The second kappa shape index (κ2) is 9.82. The number of imide groups is 1. The maximum Gasteiger partial charge on any atom is 0.329 e. The van der Waals surface area contributed by atoms with Crippen LogP contribution in [0.4, 0.5) is 0 Å². The smallest absolute Gasteiger partial charge is 0.329 e. The number of nitrogens with one attached hydrogen (secondary N) is 1. The molecule has 2 amide bonds. The van der Waals surface area contributed by atoms with Gasteiger partial charge in [-0.15, -0.1) is 0 Å². The first kappa shape index (κ1) is 21.2. The molecule has 0 bridgehead atoms. The highest BCUT2D eigenvalue weighted by molar-refractivity contribution is 6.00. The first-order valence-corrected chi connectivity index (χ1v) is 9.92. The molecule has 3 rings (SSSR count). The Balaban J connectivity index is 1.65. The summed E-state index contributed by atoms with van der Waals surface area (Å²) in [5, 5.41) is 2.32. The van der Waals surface area contributed by atoms with Crippen molar-refractivity contribution < 1.29 is 19.1 Å². The van der Waals surface area contributed by atoms with Gasteiger partial charge in [0, 0.05) is 26.6 Å². The standard InChI is InChI=1S/C20H28N4O5/c1-23-17-13-14(3-2-9-28-11-12-29-10-8-21)4-5-15(17)24(20(23)27)16-6-7-18(25)22-19(16)26/h4-5,13,16H,2-3,6-12,21H2,1H3,(H,22,25,26). The van der Waals surface area contributed by atoms with Crippen LogP contribution >= 0.6 is 0 Å². The van der Waals surface area contributed by atoms with E-state index in [0.717, 1.165) is 23.9 Å². The van der Waals surface area contributed by atoms with E-state index >= 15 is 0 Å². The molecule has 3 N–H and O–H groups in total. The zero-order valence-corrected chi connectivity index (χ0v) is 16.7. The number of imidazole rings is 1. The summed E-state index contributed by atoms with van der Waals surface area (Å²) in [4.78, 5) is 36.4. The predicted octanol–water partition coefficient (Wildman–Crippen LogP) is 0.242. The van der Waals surface area contributed by atoms with Crippen molar-refractivity contribution in [2.45, 2.75) is 31.7 Å². The van der Waals surface area contributed by atoms with Gasteiger partial charge in [-0.3, -0.25) is 24.0 Å². The van der Waals surface area contributed by atoms with Crippen LogP contribution in [0.15, 0.2) is 23.0 Å². The number of carbonyl (C=O) groups excluding carboxylic acids is 2. The monoisotopic (exact) mass is 404 g/mol. The minimum atomic E-state index is -0.662. The van der Waals surface area contributed by atoms with Gasteiger partial charge in [0.2, 0.25) is 11.8 Å². The highest BCUT2D eigenvalue weighted by atomic mass is 16.5. The minimum absolute atomic E-state index is 0.231. The number of carbonyl (C=O) groups is 2. The van der Waals surface area contributed by atoms with Crippen molar-refractivity contribution in [2.24, 2.45) is 12.8 Å². The number of nitrogens with zero attached hydrogens (tertiary/aromatic N) is 2. The lowest BCUT2D eigenvalue weighted by molar-refractivity contribution is -0.135. The van der Waals surface area contributed by atoms with Gasteiger partial charge in [-0.1, -0.05) is 6.07 Å². The largest absolute Gasteiger partial charge is 0.379 e. The van der Waals surface area contributed by atoms with Crippen LogP contribution in [0.25, 0.3) is 11.0 Å². The summed E-state index contributed by atoms with van der Waals surface area (Å²) in [6, 6.07) is 5.15. The van der Waals surface area contributed by atoms with Crippen LogP contribution < -0.4 is 16.7 Å². The van der Waals surface area contributed by atoms with Crippen molar-refractivity contribution in [3.05, 3.63) is 34.2 Å². The number of rotatable bonds is 10. The number of fused-ring (bicyclic) bond motifs is 1. The van der Waals surface area contributed by atoms with Crippen LogP contribution in [0.2, 0.25) is 0 Å². The van der Waals surface area contributed by atoms with Crippen molar-refractivity contribution in [2.75, 3.05) is 33.0 Å². The second-order valence-corrected chi connectivity index (χ2v) is 7.12. The van der Waals surface area contributed by atoms with E-state index in [1.165, 1.54) is 4.57 Å². The zero-order chi connectivity index (χ0) is 20.8. The Morgan fingerprint density at radius 2 is 1.86 bits per heavy atom. The SMILES string of the molecule is Cn1c(=O)n(C2CCC(=O)NC2=O)c2ccc(CCCOCCOCCN)cc21. The lowest BCUT2D eigenvalue weighted by atomic mass is 10.1. The molecule has 9 nitrogen and oxygen atoms in total. The van der Waals surface area contributed by atoms with Crippen LogP contribution in [-0.4, -0.2) is 53.9 Å². The topological polar surface area (TPSA) is 118 Å². The van der Waals surface area contributed by atoms with Gasteiger partial charge in [0.05, 0.1) is 30.9 Å². The van der Waals surface area contributed by atoms with E-state index in [-0.39, 0.29) is 18.0 Å². The van der Waals surface area contributed by atoms with Gasteiger partial charge in [0.25, 0.3) is 0 Å². The molecular weight excluding hydrogens is 376 g/mol.